The van der Waals surface area contributed by atoms with Crippen LogP contribution in [0.15, 0.2) is 30.7 Å². The van der Waals surface area contributed by atoms with Crippen LogP contribution in [-0.2, 0) is 0 Å². The normalized spacial score (nSPS) is 17.4. The zero-order valence-corrected chi connectivity index (χ0v) is 15.7. The van der Waals surface area contributed by atoms with E-state index in [0.717, 1.165) is 13.1 Å². The fourth-order valence-electron chi connectivity index (χ4n) is 2.73. The van der Waals surface area contributed by atoms with E-state index in [1.165, 1.54) is 18.6 Å². The van der Waals surface area contributed by atoms with Gasteiger partial charge in [0.2, 0.25) is 0 Å². The number of piperazine rings is 1. The number of amides is 2. The van der Waals surface area contributed by atoms with Crippen molar-refractivity contribution in [1.29, 1.82) is 0 Å². The average Bonchev–Trinajstić information content (AvgIpc) is 2.64. The molecule has 0 aromatic carbocycles. The predicted octanol–water partition coefficient (Wildman–Crippen LogP) is 1.91. The van der Waals surface area contributed by atoms with Crippen LogP contribution in [0, 0.1) is 0 Å². The largest absolute Gasteiger partial charge is 0.416 e. The maximum Gasteiger partial charge on any atom is 0.416 e. The van der Waals surface area contributed by atoms with Gasteiger partial charge in [-0.1, -0.05) is 11.6 Å². The van der Waals surface area contributed by atoms with E-state index in [4.69, 9.17) is 16.3 Å². The van der Waals surface area contributed by atoms with E-state index in [2.05, 4.69) is 25.2 Å². The van der Waals surface area contributed by atoms with Crippen molar-refractivity contribution in [1.82, 2.24) is 24.8 Å². The van der Waals surface area contributed by atoms with Gasteiger partial charge in [0, 0.05) is 44.3 Å². The summed E-state index contributed by atoms with van der Waals surface area (Å²) >= 11 is 5.78. The number of likely N-dealkylation sites (N-methyl/N-ethyl adjacent to an activating group) is 1. The second-order valence-electron chi connectivity index (χ2n) is 6.20. The zero-order valence-electron chi connectivity index (χ0n) is 14.9. The number of anilines is 1. The molecule has 10 heteroatoms. The van der Waals surface area contributed by atoms with Gasteiger partial charge in [0.1, 0.15) is 5.82 Å². The van der Waals surface area contributed by atoms with E-state index in [1.807, 2.05) is 14.0 Å². The number of hydrogen-bond acceptors (Lipinski definition) is 7. The van der Waals surface area contributed by atoms with Crippen LogP contribution in [0.4, 0.5) is 10.6 Å². The van der Waals surface area contributed by atoms with Crippen molar-refractivity contribution in [2.75, 3.05) is 32.0 Å². The molecule has 2 aromatic heterocycles. The molecule has 0 bridgehead atoms. The number of nitrogens with zero attached hydrogens (tertiary/aromatic N) is 5. The molecule has 3 rings (SSSR count). The number of carbonyl (C=O) groups is 2. The average molecular weight is 391 g/mol. The fourth-order valence-corrected chi connectivity index (χ4v) is 2.85. The first-order chi connectivity index (χ1) is 12.9. The van der Waals surface area contributed by atoms with E-state index in [9.17, 15) is 9.59 Å². The summed E-state index contributed by atoms with van der Waals surface area (Å²) in [4.78, 5) is 40.7. The molecule has 0 saturated carbocycles. The molecule has 1 N–H and O–H groups in total. The molecule has 2 amide bonds. The third-order valence-electron chi connectivity index (χ3n) is 4.10. The van der Waals surface area contributed by atoms with Gasteiger partial charge in [-0.05, 0) is 26.1 Å². The zero-order chi connectivity index (χ0) is 19.4. The monoisotopic (exact) mass is 390 g/mol. The van der Waals surface area contributed by atoms with Crippen molar-refractivity contribution in [3.05, 3.63) is 41.4 Å². The molecule has 1 atom stereocenters. The summed E-state index contributed by atoms with van der Waals surface area (Å²) in [6.45, 7) is 3.96. The van der Waals surface area contributed by atoms with Crippen LogP contribution in [0.25, 0.3) is 0 Å². The molecular weight excluding hydrogens is 372 g/mol. The fraction of sp³-hybridized carbons (Fsp3) is 0.353. The highest BCUT2D eigenvalue weighted by Crippen LogP contribution is 2.17. The Morgan fingerprint density at radius 3 is 2.70 bits per heavy atom. The Bertz CT molecular complexity index is 832. The van der Waals surface area contributed by atoms with Crippen LogP contribution in [0.2, 0.25) is 5.02 Å². The van der Waals surface area contributed by atoms with Crippen LogP contribution >= 0.6 is 11.6 Å². The van der Waals surface area contributed by atoms with Crippen molar-refractivity contribution in [2.24, 2.45) is 0 Å². The number of halogens is 1. The molecule has 0 spiro atoms. The van der Waals surface area contributed by atoms with Crippen molar-refractivity contribution in [3.63, 3.8) is 0 Å². The van der Waals surface area contributed by atoms with E-state index in [1.54, 1.807) is 17.0 Å². The highest BCUT2D eigenvalue weighted by molar-refractivity contribution is 6.30. The van der Waals surface area contributed by atoms with E-state index in [0.29, 0.717) is 17.4 Å². The van der Waals surface area contributed by atoms with Crippen LogP contribution in [0.3, 0.4) is 0 Å². The maximum absolute atomic E-state index is 12.5. The minimum absolute atomic E-state index is 0.0107. The Hall–Kier alpha value is -2.78. The number of nitrogens with one attached hydrogen (secondary N) is 1. The minimum Gasteiger partial charge on any atom is -0.388 e. The highest BCUT2D eigenvalue weighted by atomic mass is 35.5. The Morgan fingerprint density at radius 1 is 1.22 bits per heavy atom. The van der Waals surface area contributed by atoms with Gasteiger partial charge in [-0.15, -0.1) is 0 Å². The minimum atomic E-state index is -0.591. The third-order valence-corrected chi connectivity index (χ3v) is 4.32. The quantitative estimate of drug-likeness (QED) is 0.854. The van der Waals surface area contributed by atoms with Gasteiger partial charge in [-0.25, -0.2) is 19.7 Å². The Morgan fingerprint density at radius 2 is 2.00 bits per heavy atom. The van der Waals surface area contributed by atoms with Crippen molar-refractivity contribution in [3.8, 4) is 5.88 Å². The van der Waals surface area contributed by atoms with Gasteiger partial charge in [0.25, 0.3) is 11.8 Å². The topological polar surface area (TPSA) is 101 Å². The maximum atomic E-state index is 12.5. The van der Waals surface area contributed by atoms with Gasteiger partial charge in [-0.3, -0.25) is 4.79 Å². The summed E-state index contributed by atoms with van der Waals surface area (Å²) in [5, 5.41) is 3.02. The molecule has 1 fully saturated rings. The molecule has 1 saturated heterocycles. The summed E-state index contributed by atoms with van der Waals surface area (Å²) in [5.74, 6) is -0.452. The SMILES string of the molecule is CC1CN(C)CCN1C(=O)Oc1nccnc1C(=O)Nc1ccc(Cl)cn1. The van der Waals surface area contributed by atoms with Crippen molar-refractivity contribution in [2.45, 2.75) is 13.0 Å². The summed E-state index contributed by atoms with van der Waals surface area (Å²) in [6, 6.07) is 3.13. The van der Waals surface area contributed by atoms with E-state index in [-0.39, 0.29) is 17.6 Å². The lowest BCUT2D eigenvalue weighted by molar-refractivity contribution is 0.0874. The number of pyridine rings is 1. The van der Waals surface area contributed by atoms with Crippen LogP contribution in [-0.4, -0.2) is 69.5 Å². The van der Waals surface area contributed by atoms with Crippen LogP contribution in [0.5, 0.6) is 5.88 Å². The lowest BCUT2D eigenvalue weighted by Crippen LogP contribution is -2.53. The number of aromatic nitrogens is 3. The molecule has 3 heterocycles. The van der Waals surface area contributed by atoms with Crippen molar-refractivity contribution < 1.29 is 14.3 Å². The molecule has 9 nitrogen and oxygen atoms in total. The number of hydrogen-bond donors (Lipinski definition) is 1. The van der Waals surface area contributed by atoms with Crippen LogP contribution < -0.4 is 10.1 Å². The second-order valence-corrected chi connectivity index (χ2v) is 6.63. The highest BCUT2D eigenvalue weighted by Gasteiger charge is 2.29. The van der Waals surface area contributed by atoms with Gasteiger partial charge in [0.05, 0.1) is 5.02 Å². The summed E-state index contributed by atoms with van der Waals surface area (Å²) in [6.07, 6.45) is 3.55. The first-order valence-electron chi connectivity index (χ1n) is 8.35. The molecule has 27 heavy (non-hydrogen) atoms. The summed E-state index contributed by atoms with van der Waals surface area (Å²) < 4.78 is 5.36. The third kappa shape index (κ3) is 4.69. The van der Waals surface area contributed by atoms with E-state index < -0.39 is 12.0 Å². The Kier molecular flexibility index (Phi) is 5.82. The number of rotatable bonds is 3. The first kappa shape index (κ1) is 19.0. The molecule has 0 radical (unpaired) electrons. The molecule has 2 aromatic rings. The lowest BCUT2D eigenvalue weighted by atomic mass is 10.2. The lowest BCUT2D eigenvalue weighted by Gasteiger charge is -2.37. The Labute approximate surface area is 161 Å². The first-order valence-corrected chi connectivity index (χ1v) is 8.72. The number of carbonyl (C=O) groups excluding carboxylic acids is 2. The van der Waals surface area contributed by atoms with Gasteiger partial charge >= 0.3 is 6.09 Å². The molecule has 1 aliphatic rings. The smallest absolute Gasteiger partial charge is 0.388 e. The Balaban J connectivity index is 1.72. The standard InChI is InChI=1S/C17H19ClN6O3/c1-11-10-23(2)7-8-24(11)17(26)27-16-14(19-5-6-20-16)15(25)22-13-4-3-12(18)9-21-13/h3-6,9,11H,7-8,10H2,1-2H3,(H,21,22,25). The summed E-state index contributed by atoms with van der Waals surface area (Å²) in [7, 11) is 2.00. The number of ether oxygens (including phenoxy) is 1. The second kappa shape index (κ2) is 8.28. The molecule has 1 aliphatic heterocycles. The van der Waals surface area contributed by atoms with Gasteiger partial charge in [-0.2, -0.15) is 0 Å². The molecule has 0 aliphatic carbocycles. The van der Waals surface area contributed by atoms with Crippen LogP contribution in [0.1, 0.15) is 17.4 Å². The van der Waals surface area contributed by atoms with Gasteiger partial charge < -0.3 is 19.9 Å². The molecule has 1 unspecified atom stereocenters. The van der Waals surface area contributed by atoms with Gasteiger partial charge in [0.15, 0.2) is 5.69 Å². The molecular formula is C17H19ClN6O3. The predicted molar refractivity (Wildman–Crippen MR) is 98.9 cm³/mol. The summed E-state index contributed by atoms with van der Waals surface area (Å²) in [5.41, 5.74) is -0.107. The molecule has 142 valence electrons. The van der Waals surface area contributed by atoms with E-state index >= 15 is 0 Å². The van der Waals surface area contributed by atoms with Crippen molar-refractivity contribution >= 4 is 29.4 Å².